The van der Waals surface area contributed by atoms with E-state index in [2.05, 4.69) is 9.88 Å². The van der Waals surface area contributed by atoms with Crippen molar-refractivity contribution in [1.29, 1.82) is 0 Å². The van der Waals surface area contributed by atoms with Crippen LogP contribution in [0.4, 0.5) is 0 Å². The zero-order chi connectivity index (χ0) is 19.8. The molecular weight excluding hydrogens is 358 g/mol. The first kappa shape index (κ1) is 19.5. The standard InChI is InChI=1S/C20H31N5O3/c1-13-22-18-12-25(11-17(18)20(27)23(13)2)19(26)14-3-4-15(21)10-24(9-14)16-5-7-28-8-6-16/h14-16H,3-12,21H2,1-2H3/t14-,15+/m1/s1. The number of rotatable bonds is 2. The summed E-state index contributed by atoms with van der Waals surface area (Å²) >= 11 is 0. The summed E-state index contributed by atoms with van der Waals surface area (Å²) in [6, 6.07) is 0.550. The number of hydrogen-bond acceptors (Lipinski definition) is 6. The molecule has 0 aromatic carbocycles. The Morgan fingerprint density at radius 1 is 1.14 bits per heavy atom. The quantitative estimate of drug-likeness (QED) is 0.774. The fourth-order valence-corrected chi connectivity index (χ4v) is 4.75. The van der Waals surface area contributed by atoms with Crippen LogP contribution in [0, 0.1) is 12.8 Å². The van der Waals surface area contributed by atoms with Crippen molar-refractivity contribution in [2.24, 2.45) is 18.7 Å². The highest BCUT2D eigenvalue weighted by atomic mass is 16.5. The van der Waals surface area contributed by atoms with Crippen LogP contribution >= 0.6 is 0 Å². The Kier molecular flexibility index (Phi) is 5.53. The van der Waals surface area contributed by atoms with Crippen LogP contribution in [-0.2, 0) is 29.7 Å². The molecule has 3 aliphatic heterocycles. The number of ether oxygens (including phenoxy) is 1. The number of likely N-dealkylation sites (tertiary alicyclic amines) is 1. The molecule has 4 heterocycles. The minimum Gasteiger partial charge on any atom is -0.381 e. The Labute approximate surface area is 165 Å². The van der Waals surface area contributed by atoms with Crippen LogP contribution in [0.25, 0.3) is 0 Å². The van der Waals surface area contributed by atoms with Gasteiger partial charge in [-0.15, -0.1) is 0 Å². The first-order valence-corrected chi connectivity index (χ1v) is 10.4. The first-order chi connectivity index (χ1) is 13.4. The second-order valence-electron chi connectivity index (χ2n) is 8.47. The molecule has 0 spiro atoms. The van der Waals surface area contributed by atoms with Crippen molar-refractivity contribution in [3.05, 3.63) is 27.4 Å². The number of amides is 1. The van der Waals surface area contributed by atoms with E-state index in [-0.39, 0.29) is 23.4 Å². The molecule has 0 radical (unpaired) electrons. The van der Waals surface area contributed by atoms with Crippen LogP contribution in [0.3, 0.4) is 0 Å². The molecule has 8 heteroatoms. The lowest BCUT2D eigenvalue weighted by Crippen LogP contribution is -2.47. The molecule has 0 aliphatic carbocycles. The van der Waals surface area contributed by atoms with Crippen molar-refractivity contribution >= 4 is 5.91 Å². The molecule has 2 atom stereocenters. The molecular formula is C20H31N5O3. The van der Waals surface area contributed by atoms with E-state index in [0.29, 0.717) is 30.5 Å². The molecule has 2 N–H and O–H groups in total. The molecule has 1 aromatic heterocycles. The van der Waals surface area contributed by atoms with E-state index in [9.17, 15) is 9.59 Å². The van der Waals surface area contributed by atoms with Gasteiger partial charge in [-0.3, -0.25) is 19.1 Å². The van der Waals surface area contributed by atoms with Crippen molar-refractivity contribution in [3.63, 3.8) is 0 Å². The SMILES string of the molecule is Cc1nc2c(c(=O)n1C)CN(C(=O)[C@@H]1CC[C@H](N)CN(C3CCOCC3)C1)C2. The number of aryl methyl sites for hydroxylation is 1. The van der Waals surface area contributed by atoms with Gasteiger partial charge in [0.2, 0.25) is 5.91 Å². The Balaban J connectivity index is 1.49. The zero-order valence-electron chi connectivity index (χ0n) is 16.9. The normalized spacial score (nSPS) is 26.9. The molecule has 2 saturated heterocycles. The lowest BCUT2D eigenvalue weighted by Gasteiger charge is -2.36. The topological polar surface area (TPSA) is 93.7 Å². The number of nitrogens with two attached hydrogens (primary N) is 1. The van der Waals surface area contributed by atoms with Crippen LogP contribution in [0.1, 0.15) is 42.8 Å². The molecule has 1 amide bonds. The Morgan fingerprint density at radius 3 is 2.64 bits per heavy atom. The fraction of sp³-hybridized carbons (Fsp3) is 0.750. The van der Waals surface area contributed by atoms with Gasteiger partial charge in [0.1, 0.15) is 5.82 Å². The predicted molar refractivity (Wildman–Crippen MR) is 105 cm³/mol. The molecule has 154 valence electrons. The maximum absolute atomic E-state index is 13.3. The summed E-state index contributed by atoms with van der Waals surface area (Å²) in [5.41, 5.74) is 7.69. The number of aromatic nitrogens is 2. The van der Waals surface area contributed by atoms with Gasteiger partial charge >= 0.3 is 0 Å². The van der Waals surface area contributed by atoms with E-state index >= 15 is 0 Å². The molecule has 1 aromatic rings. The molecule has 28 heavy (non-hydrogen) atoms. The largest absolute Gasteiger partial charge is 0.381 e. The van der Waals surface area contributed by atoms with Gasteiger partial charge in [-0.1, -0.05) is 0 Å². The second-order valence-corrected chi connectivity index (χ2v) is 8.47. The van der Waals surface area contributed by atoms with E-state index in [4.69, 9.17) is 10.5 Å². The minimum absolute atomic E-state index is 0.0375. The van der Waals surface area contributed by atoms with E-state index < -0.39 is 0 Å². The van der Waals surface area contributed by atoms with Crippen LogP contribution in [0.2, 0.25) is 0 Å². The van der Waals surface area contributed by atoms with Gasteiger partial charge in [0.15, 0.2) is 0 Å². The molecule has 4 rings (SSSR count). The maximum Gasteiger partial charge on any atom is 0.258 e. The number of carbonyl (C=O) groups excluding carboxylic acids is 1. The Bertz CT molecular complexity index is 802. The van der Waals surface area contributed by atoms with Crippen molar-refractivity contribution in [3.8, 4) is 0 Å². The molecule has 0 bridgehead atoms. The Hall–Kier alpha value is -1.77. The Morgan fingerprint density at radius 2 is 1.89 bits per heavy atom. The van der Waals surface area contributed by atoms with Crippen LogP contribution in [0.15, 0.2) is 4.79 Å². The molecule has 3 aliphatic rings. The summed E-state index contributed by atoms with van der Waals surface area (Å²) in [6.07, 6.45) is 3.66. The summed E-state index contributed by atoms with van der Waals surface area (Å²) in [4.78, 5) is 34.6. The highest BCUT2D eigenvalue weighted by molar-refractivity contribution is 5.79. The van der Waals surface area contributed by atoms with Crippen molar-refractivity contribution in [2.75, 3.05) is 26.3 Å². The maximum atomic E-state index is 13.3. The van der Waals surface area contributed by atoms with Crippen LogP contribution in [0.5, 0.6) is 0 Å². The monoisotopic (exact) mass is 389 g/mol. The van der Waals surface area contributed by atoms with Crippen molar-refractivity contribution in [1.82, 2.24) is 19.4 Å². The van der Waals surface area contributed by atoms with E-state index in [1.165, 1.54) is 0 Å². The molecule has 8 nitrogen and oxygen atoms in total. The third-order valence-electron chi connectivity index (χ3n) is 6.56. The van der Waals surface area contributed by atoms with Gasteiger partial charge < -0.3 is 15.4 Å². The van der Waals surface area contributed by atoms with Crippen LogP contribution < -0.4 is 11.3 Å². The third kappa shape index (κ3) is 3.73. The number of carbonyl (C=O) groups is 1. The van der Waals surface area contributed by atoms with Crippen LogP contribution in [-0.4, -0.2) is 63.6 Å². The van der Waals surface area contributed by atoms with Gasteiger partial charge in [-0.25, -0.2) is 4.98 Å². The lowest BCUT2D eigenvalue weighted by atomic mass is 10.00. The van der Waals surface area contributed by atoms with Crippen molar-refractivity contribution in [2.45, 2.75) is 57.8 Å². The molecule has 0 unspecified atom stereocenters. The number of fused-ring (bicyclic) bond motifs is 1. The summed E-state index contributed by atoms with van der Waals surface area (Å²) in [7, 11) is 1.73. The minimum atomic E-state index is -0.0735. The average molecular weight is 390 g/mol. The highest BCUT2D eigenvalue weighted by Crippen LogP contribution is 2.27. The fourth-order valence-electron chi connectivity index (χ4n) is 4.75. The highest BCUT2D eigenvalue weighted by Gasteiger charge is 2.36. The second kappa shape index (κ2) is 7.93. The summed E-state index contributed by atoms with van der Waals surface area (Å²) < 4.78 is 7.06. The summed E-state index contributed by atoms with van der Waals surface area (Å²) in [6.45, 7) is 5.78. The van der Waals surface area contributed by atoms with Crippen molar-refractivity contribution < 1.29 is 9.53 Å². The van der Waals surface area contributed by atoms with E-state index in [1.807, 2.05) is 11.8 Å². The van der Waals surface area contributed by atoms with E-state index in [1.54, 1.807) is 11.6 Å². The smallest absolute Gasteiger partial charge is 0.258 e. The van der Waals surface area contributed by atoms with Gasteiger partial charge in [0, 0.05) is 45.4 Å². The summed E-state index contributed by atoms with van der Waals surface area (Å²) in [5, 5.41) is 0. The molecule has 0 saturated carbocycles. The summed E-state index contributed by atoms with van der Waals surface area (Å²) in [5.74, 6) is 0.740. The van der Waals surface area contributed by atoms with Gasteiger partial charge in [0.25, 0.3) is 5.56 Å². The average Bonchev–Trinajstić information content (AvgIpc) is 3.02. The first-order valence-electron chi connectivity index (χ1n) is 10.4. The van der Waals surface area contributed by atoms with Gasteiger partial charge in [-0.05, 0) is 32.6 Å². The van der Waals surface area contributed by atoms with Gasteiger partial charge in [-0.2, -0.15) is 0 Å². The van der Waals surface area contributed by atoms with Gasteiger partial charge in [0.05, 0.1) is 30.3 Å². The predicted octanol–water partition coefficient (Wildman–Crippen LogP) is 0.149. The van der Waals surface area contributed by atoms with E-state index in [0.717, 1.165) is 57.7 Å². The third-order valence-corrected chi connectivity index (χ3v) is 6.56. The number of hydrogen-bond donors (Lipinski definition) is 1. The molecule has 2 fully saturated rings. The lowest BCUT2D eigenvalue weighted by molar-refractivity contribution is -0.137. The number of nitrogens with zero attached hydrogens (tertiary/aromatic N) is 4. The zero-order valence-corrected chi connectivity index (χ0v) is 16.9.